The first kappa shape index (κ1) is 20.7. The molecule has 0 atom stereocenters. The standard InChI is InChI=1S/C18H20N2O8S/c1-25-14-7-11-5-6-20(9-12(11)8-15(14)26-2)16(21)10-27-18(22)13-3-4-17(28-13)29(19,23)24/h3-4,7-8H,5-6,9-10H2,1-2H3,(H2,19,23,24). The van der Waals surface area contributed by atoms with Gasteiger partial charge in [-0.15, -0.1) is 0 Å². The summed E-state index contributed by atoms with van der Waals surface area (Å²) in [6.07, 6.45) is 0.616. The van der Waals surface area contributed by atoms with Gasteiger partial charge in [0.25, 0.3) is 15.9 Å². The summed E-state index contributed by atoms with van der Waals surface area (Å²) in [5.41, 5.74) is 1.97. The van der Waals surface area contributed by atoms with Crippen molar-refractivity contribution in [2.45, 2.75) is 18.1 Å². The van der Waals surface area contributed by atoms with E-state index >= 15 is 0 Å². The molecule has 2 aromatic rings. The molecule has 0 saturated carbocycles. The van der Waals surface area contributed by atoms with Crippen molar-refractivity contribution in [2.24, 2.45) is 5.14 Å². The number of carbonyl (C=O) groups excluding carboxylic acids is 2. The summed E-state index contributed by atoms with van der Waals surface area (Å²) in [6, 6.07) is 5.85. The molecular formula is C18H20N2O8S. The van der Waals surface area contributed by atoms with Gasteiger partial charge in [-0.1, -0.05) is 0 Å². The van der Waals surface area contributed by atoms with Crippen LogP contribution in [0, 0.1) is 0 Å². The first-order valence-electron chi connectivity index (χ1n) is 8.54. The van der Waals surface area contributed by atoms with Gasteiger partial charge in [0.2, 0.25) is 10.9 Å². The number of hydrogen-bond donors (Lipinski definition) is 1. The van der Waals surface area contributed by atoms with Gasteiger partial charge in [0.05, 0.1) is 14.2 Å². The molecule has 1 aliphatic rings. The molecule has 0 unspecified atom stereocenters. The Kier molecular flexibility index (Phi) is 5.80. The van der Waals surface area contributed by atoms with Crippen LogP contribution in [0.3, 0.4) is 0 Å². The Labute approximate surface area is 167 Å². The average molecular weight is 424 g/mol. The van der Waals surface area contributed by atoms with Crippen molar-refractivity contribution in [3.05, 3.63) is 41.2 Å². The average Bonchev–Trinajstić information content (AvgIpc) is 3.21. The monoisotopic (exact) mass is 424 g/mol. The molecule has 0 aliphatic carbocycles. The molecule has 1 amide bonds. The van der Waals surface area contributed by atoms with E-state index in [1.807, 2.05) is 12.1 Å². The van der Waals surface area contributed by atoms with E-state index in [1.54, 1.807) is 12.0 Å². The summed E-state index contributed by atoms with van der Waals surface area (Å²) in [4.78, 5) is 26.0. The predicted octanol–water partition coefficient (Wildman–Crippen LogP) is 0.686. The van der Waals surface area contributed by atoms with Crippen LogP contribution in [-0.4, -0.2) is 52.6 Å². The molecule has 0 bridgehead atoms. The number of methoxy groups -OCH3 is 2. The highest BCUT2D eigenvalue weighted by Gasteiger charge is 2.25. The van der Waals surface area contributed by atoms with Crippen LogP contribution < -0.4 is 14.6 Å². The lowest BCUT2D eigenvalue weighted by atomic mass is 9.99. The van der Waals surface area contributed by atoms with Crippen LogP contribution in [0.5, 0.6) is 11.5 Å². The van der Waals surface area contributed by atoms with Gasteiger partial charge in [0, 0.05) is 13.1 Å². The number of benzene rings is 1. The number of rotatable bonds is 6. The molecule has 11 heteroatoms. The van der Waals surface area contributed by atoms with E-state index in [1.165, 1.54) is 7.11 Å². The Morgan fingerprint density at radius 3 is 2.38 bits per heavy atom. The predicted molar refractivity (Wildman–Crippen MR) is 99.0 cm³/mol. The number of primary sulfonamides is 1. The lowest BCUT2D eigenvalue weighted by Gasteiger charge is -2.29. The minimum atomic E-state index is -4.07. The Morgan fingerprint density at radius 1 is 1.14 bits per heavy atom. The molecule has 10 nitrogen and oxygen atoms in total. The normalized spacial score (nSPS) is 13.6. The SMILES string of the molecule is COc1cc2c(cc1OC)CN(C(=O)COC(=O)c1ccc(S(N)(=O)=O)o1)CC2. The molecule has 0 fully saturated rings. The van der Waals surface area contributed by atoms with Crippen molar-refractivity contribution < 1.29 is 36.6 Å². The van der Waals surface area contributed by atoms with Gasteiger partial charge in [-0.25, -0.2) is 18.4 Å². The van der Waals surface area contributed by atoms with Crippen molar-refractivity contribution in [1.82, 2.24) is 4.90 Å². The Hall–Kier alpha value is -3.05. The van der Waals surface area contributed by atoms with E-state index in [2.05, 4.69) is 0 Å². The zero-order valence-electron chi connectivity index (χ0n) is 15.8. The second-order valence-electron chi connectivity index (χ2n) is 6.28. The highest BCUT2D eigenvalue weighted by Crippen LogP contribution is 2.33. The third-order valence-corrected chi connectivity index (χ3v) is 5.24. The molecule has 29 heavy (non-hydrogen) atoms. The molecule has 0 radical (unpaired) electrons. The third kappa shape index (κ3) is 4.51. The minimum Gasteiger partial charge on any atom is -0.493 e. The summed E-state index contributed by atoms with van der Waals surface area (Å²) in [7, 11) is -0.981. The number of carbonyl (C=O) groups is 2. The Morgan fingerprint density at radius 2 is 1.79 bits per heavy atom. The number of nitrogens with two attached hydrogens (primary N) is 1. The molecule has 2 heterocycles. The van der Waals surface area contributed by atoms with E-state index in [0.29, 0.717) is 31.0 Å². The van der Waals surface area contributed by atoms with Crippen LogP contribution in [0.4, 0.5) is 0 Å². The Balaban J connectivity index is 1.62. The number of ether oxygens (including phenoxy) is 3. The molecule has 0 spiro atoms. The lowest BCUT2D eigenvalue weighted by Crippen LogP contribution is -2.38. The van der Waals surface area contributed by atoms with Gasteiger partial charge in [-0.05, 0) is 41.8 Å². The number of fused-ring (bicyclic) bond motifs is 1. The van der Waals surface area contributed by atoms with E-state index in [0.717, 1.165) is 23.3 Å². The molecular weight excluding hydrogens is 404 g/mol. The van der Waals surface area contributed by atoms with Gasteiger partial charge in [-0.3, -0.25) is 4.79 Å². The Bertz CT molecular complexity index is 1040. The van der Waals surface area contributed by atoms with Gasteiger partial charge >= 0.3 is 5.97 Å². The maximum absolute atomic E-state index is 12.4. The number of sulfonamides is 1. The summed E-state index contributed by atoms with van der Waals surface area (Å²) in [6.45, 7) is 0.282. The van der Waals surface area contributed by atoms with Crippen LogP contribution in [0.2, 0.25) is 0 Å². The summed E-state index contributed by atoms with van der Waals surface area (Å²) in [5, 5.41) is 4.35. The fourth-order valence-corrected chi connectivity index (χ4v) is 3.43. The van der Waals surface area contributed by atoms with Crippen LogP contribution in [-0.2, 0) is 32.5 Å². The number of amides is 1. The van der Waals surface area contributed by atoms with Crippen LogP contribution in [0.1, 0.15) is 21.7 Å². The fraction of sp³-hybridized carbons (Fsp3) is 0.333. The zero-order chi connectivity index (χ0) is 21.2. The first-order chi connectivity index (χ1) is 13.7. The van der Waals surface area contributed by atoms with Crippen molar-refractivity contribution in [2.75, 3.05) is 27.4 Å². The number of hydrogen-bond acceptors (Lipinski definition) is 8. The number of furan rings is 1. The highest BCUT2D eigenvalue weighted by molar-refractivity contribution is 7.89. The fourth-order valence-electron chi connectivity index (χ4n) is 2.97. The summed E-state index contributed by atoms with van der Waals surface area (Å²) in [5.74, 6) is -0.524. The lowest BCUT2D eigenvalue weighted by molar-refractivity contribution is -0.135. The molecule has 3 rings (SSSR count). The topological polar surface area (TPSA) is 138 Å². The smallest absolute Gasteiger partial charge is 0.374 e. The van der Waals surface area contributed by atoms with Crippen molar-refractivity contribution in [1.29, 1.82) is 0 Å². The van der Waals surface area contributed by atoms with E-state index in [4.69, 9.17) is 23.8 Å². The molecule has 1 aliphatic heterocycles. The van der Waals surface area contributed by atoms with Crippen LogP contribution in [0.15, 0.2) is 33.8 Å². The van der Waals surface area contributed by atoms with Gasteiger partial charge < -0.3 is 23.5 Å². The first-order valence-corrected chi connectivity index (χ1v) is 10.1. The zero-order valence-corrected chi connectivity index (χ0v) is 16.7. The van der Waals surface area contributed by atoms with E-state index < -0.39 is 33.6 Å². The van der Waals surface area contributed by atoms with E-state index in [9.17, 15) is 18.0 Å². The molecule has 156 valence electrons. The van der Waals surface area contributed by atoms with Crippen molar-refractivity contribution in [3.63, 3.8) is 0 Å². The van der Waals surface area contributed by atoms with Gasteiger partial charge in [-0.2, -0.15) is 0 Å². The second-order valence-corrected chi connectivity index (χ2v) is 7.77. The quantitative estimate of drug-likeness (QED) is 0.668. The molecule has 0 saturated heterocycles. The van der Waals surface area contributed by atoms with Gasteiger partial charge in [0.15, 0.2) is 18.1 Å². The van der Waals surface area contributed by atoms with Crippen molar-refractivity contribution in [3.8, 4) is 11.5 Å². The summed E-state index contributed by atoms with van der Waals surface area (Å²) >= 11 is 0. The maximum Gasteiger partial charge on any atom is 0.374 e. The second kappa shape index (κ2) is 8.13. The van der Waals surface area contributed by atoms with Crippen molar-refractivity contribution >= 4 is 21.9 Å². The van der Waals surface area contributed by atoms with Gasteiger partial charge in [0.1, 0.15) is 0 Å². The minimum absolute atomic E-state index is 0.336. The molecule has 1 aromatic heterocycles. The maximum atomic E-state index is 12.4. The summed E-state index contributed by atoms with van der Waals surface area (Å²) < 4.78 is 42.7. The van der Waals surface area contributed by atoms with E-state index in [-0.39, 0.29) is 5.76 Å². The molecule has 2 N–H and O–H groups in total. The van der Waals surface area contributed by atoms with Crippen LogP contribution in [0.25, 0.3) is 0 Å². The third-order valence-electron chi connectivity index (χ3n) is 4.46. The number of nitrogens with zero attached hydrogens (tertiary/aromatic N) is 1. The molecule has 1 aromatic carbocycles. The van der Waals surface area contributed by atoms with Crippen LogP contribution >= 0.6 is 0 Å². The largest absolute Gasteiger partial charge is 0.493 e. The number of esters is 1. The highest BCUT2D eigenvalue weighted by atomic mass is 32.2.